The normalized spacial score (nSPS) is 10.5. The summed E-state index contributed by atoms with van der Waals surface area (Å²) in [6.07, 6.45) is 1.81. The molecule has 106 valence electrons. The summed E-state index contributed by atoms with van der Waals surface area (Å²) in [5, 5.41) is 6.73. The van der Waals surface area contributed by atoms with Crippen LogP contribution in [-0.4, -0.2) is 22.6 Å². The zero-order chi connectivity index (χ0) is 14.4. The molecule has 0 atom stereocenters. The average molecular weight is 273 g/mol. The molecule has 0 spiro atoms. The van der Waals surface area contributed by atoms with Crippen LogP contribution in [0, 0.1) is 6.92 Å². The van der Waals surface area contributed by atoms with Gasteiger partial charge >= 0.3 is 0 Å². The number of amides is 1. The first-order valence-electron chi connectivity index (χ1n) is 6.85. The maximum atomic E-state index is 11.3. The fourth-order valence-electron chi connectivity index (χ4n) is 1.86. The van der Waals surface area contributed by atoms with E-state index in [1.54, 1.807) is 0 Å². The number of hydrogen-bond acceptors (Lipinski definition) is 4. The van der Waals surface area contributed by atoms with Crippen molar-refractivity contribution in [3.05, 3.63) is 35.7 Å². The van der Waals surface area contributed by atoms with Crippen molar-refractivity contribution >= 4 is 5.91 Å². The van der Waals surface area contributed by atoms with Crippen molar-refractivity contribution in [3.8, 4) is 11.4 Å². The van der Waals surface area contributed by atoms with Crippen molar-refractivity contribution < 1.29 is 9.32 Å². The predicted molar refractivity (Wildman–Crippen MR) is 76.1 cm³/mol. The number of aromatic nitrogens is 2. The maximum Gasteiger partial charge on any atom is 0.226 e. The number of hydrogen-bond donors (Lipinski definition) is 1. The van der Waals surface area contributed by atoms with Crippen LogP contribution < -0.4 is 5.32 Å². The number of nitrogens with one attached hydrogen (secondary N) is 1. The standard InChI is InChI=1S/C15H19N3O2/c1-3-16-13(19)5-4-6-14-17-15(18-20-14)12-9-7-11(2)8-10-12/h7-10H,3-6H2,1-2H3,(H,16,19). The molecule has 5 nitrogen and oxygen atoms in total. The zero-order valence-corrected chi connectivity index (χ0v) is 11.8. The molecule has 1 aromatic heterocycles. The molecule has 0 aliphatic heterocycles. The maximum absolute atomic E-state index is 11.3. The van der Waals surface area contributed by atoms with Gasteiger partial charge < -0.3 is 9.84 Å². The smallest absolute Gasteiger partial charge is 0.226 e. The van der Waals surface area contributed by atoms with E-state index in [1.807, 2.05) is 38.1 Å². The van der Waals surface area contributed by atoms with Gasteiger partial charge in [0.05, 0.1) is 0 Å². The largest absolute Gasteiger partial charge is 0.356 e. The third kappa shape index (κ3) is 3.91. The summed E-state index contributed by atoms with van der Waals surface area (Å²) in [6.45, 7) is 4.60. The van der Waals surface area contributed by atoms with Crippen LogP contribution in [0.1, 0.15) is 31.2 Å². The molecule has 1 aromatic carbocycles. The molecule has 1 N–H and O–H groups in total. The van der Waals surface area contributed by atoms with Crippen molar-refractivity contribution in [2.45, 2.75) is 33.1 Å². The summed E-state index contributed by atoms with van der Waals surface area (Å²) in [7, 11) is 0. The molecular formula is C15H19N3O2. The first-order chi connectivity index (χ1) is 9.69. The second-order valence-corrected chi connectivity index (χ2v) is 4.68. The van der Waals surface area contributed by atoms with Gasteiger partial charge in [-0.3, -0.25) is 4.79 Å². The second kappa shape index (κ2) is 6.84. The average Bonchev–Trinajstić information content (AvgIpc) is 2.89. The molecule has 1 heterocycles. The summed E-state index contributed by atoms with van der Waals surface area (Å²) < 4.78 is 5.20. The lowest BCUT2D eigenvalue weighted by Gasteiger charge is -1.99. The topological polar surface area (TPSA) is 68.0 Å². The van der Waals surface area contributed by atoms with Crippen molar-refractivity contribution in [2.75, 3.05) is 6.54 Å². The van der Waals surface area contributed by atoms with Crippen molar-refractivity contribution in [3.63, 3.8) is 0 Å². The van der Waals surface area contributed by atoms with Crippen LogP contribution in [0.5, 0.6) is 0 Å². The van der Waals surface area contributed by atoms with Crippen LogP contribution >= 0.6 is 0 Å². The molecule has 20 heavy (non-hydrogen) atoms. The number of carbonyl (C=O) groups is 1. The van der Waals surface area contributed by atoms with E-state index in [4.69, 9.17) is 4.52 Å². The van der Waals surface area contributed by atoms with Crippen molar-refractivity contribution in [2.24, 2.45) is 0 Å². The molecule has 0 aliphatic rings. The number of aryl methyl sites for hydroxylation is 2. The van der Waals surface area contributed by atoms with E-state index in [0.717, 1.165) is 5.56 Å². The summed E-state index contributed by atoms with van der Waals surface area (Å²) in [6, 6.07) is 7.97. The molecular weight excluding hydrogens is 254 g/mol. The molecule has 0 radical (unpaired) electrons. The number of carbonyl (C=O) groups excluding carboxylic acids is 1. The lowest BCUT2D eigenvalue weighted by molar-refractivity contribution is -0.121. The van der Waals surface area contributed by atoms with Gasteiger partial charge in [0.25, 0.3) is 0 Å². The molecule has 0 aliphatic carbocycles. The highest BCUT2D eigenvalue weighted by Crippen LogP contribution is 2.16. The highest BCUT2D eigenvalue weighted by molar-refractivity contribution is 5.75. The third-order valence-electron chi connectivity index (χ3n) is 2.95. The minimum absolute atomic E-state index is 0.0609. The van der Waals surface area contributed by atoms with E-state index >= 15 is 0 Å². The van der Waals surface area contributed by atoms with Gasteiger partial charge in [-0.05, 0) is 20.3 Å². The predicted octanol–water partition coefficient (Wildman–Crippen LogP) is 2.50. The minimum Gasteiger partial charge on any atom is -0.356 e. The molecule has 0 fully saturated rings. The van der Waals surface area contributed by atoms with Gasteiger partial charge in [0.1, 0.15) is 0 Å². The van der Waals surface area contributed by atoms with Crippen LogP contribution in [-0.2, 0) is 11.2 Å². The van der Waals surface area contributed by atoms with E-state index in [-0.39, 0.29) is 5.91 Å². The van der Waals surface area contributed by atoms with Gasteiger partial charge in [-0.1, -0.05) is 35.0 Å². The first-order valence-corrected chi connectivity index (χ1v) is 6.85. The molecule has 0 saturated heterocycles. The summed E-state index contributed by atoms with van der Waals surface area (Å²) >= 11 is 0. The second-order valence-electron chi connectivity index (χ2n) is 4.68. The Morgan fingerprint density at radius 2 is 2.05 bits per heavy atom. The number of rotatable bonds is 6. The van der Waals surface area contributed by atoms with E-state index < -0.39 is 0 Å². The first kappa shape index (κ1) is 14.2. The van der Waals surface area contributed by atoms with Gasteiger partial charge in [-0.2, -0.15) is 4.98 Å². The molecule has 2 aromatic rings. The monoisotopic (exact) mass is 273 g/mol. The summed E-state index contributed by atoms with van der Waals surface area (Å²) in [5.74, 6) is 1.23. The van der Waals surface area contributed by atoms with E-state index in [1.165, 1.54) is 5.56 Å². The Labute approximate surface area is 118 Å². The summed E-state index contributed by atoms with van der Waals surface area (Å²) in [5.41, 5.74) is 2.13. The third-order valence-corrected chi connectivity index (χ3v) is 2.95. The van der Waals surface area contributed by atoms with Gasteiger partial charge in [-0.25, -0.2) is 0 Å². The molecule has 5 heteroatoms. The van der Waals surface area contributed by atoms with Crippen LogP contribution in [0.2, 0.25) is 0 Å². The highest BCUT2D eigenvalue weighted by Gasteiger charge is 2.09. The fourth-order valence-corrected chi connectivity index (χ4v) is 1.86. The van der Waals surface area contributed by atoms with Crippen LogP contribution in [0.3, 0.4) is 0 Å². The lowest BCUT2D eigenvalue weighted by atomic mass is 10.1. The van der Waals surface area contributed by atoms with Crippen LogP contribution in [0.4, 0.5) is 0 Å². The Morgan fingerprint density at radius 1 is 1.30 bits per heavy atom. The Hall–Kier alpha value is -2.17. The van der Waals surface area contributed by atoms with Crippen LogP contribution in [0.15, 0.2) is 28.8 Å². The summed E-state index contributed by atoms with van der Waals surface area (Å²) in [4.78, 5) is 15.7. The Bertz CT molecular complexity index is 561. The van der Waals surface area contributed by atoms with Gasteiger partial charge in [0.15, 0.2) is 0 Å². The van der Waals surface area contributed by atoms with Crippen molar-refractivity contribution in [1.82, 2.24) is 15.5 Å². The lowest BCUT2D eigenvalue weighted by Crippen LogP contribution is -2.22. The fraction of sp³-hybridized carbons (Fsp3) is 0.400. The molecule has 2 rings (SSSR count). The minimum atomic E-state index is 0.0609. The number of benzene rings is 1. The Balaban J connectivity index is 1.89. The molecule has 0 bridgehead atoms. The zero-order valence-electron chi connectivity index (χ0n) is 11.8. The van der Waals surface area contributed by atoms with Crippen LogP contribution in [0.25, 0.3) is 11.4 Å². The number of nitrogens with zero attached hydrogens (tertiary/aromatic N) is 2. The molecule has 0 unspecified atom stereocenters. The van der Waals surface area contributed by atoms with E-state index in [2.05, 4.69) is 15.5 Å². The quantitative estimate of drug-likeness (QED) is 0.878. The van der Waals surface area contributed by atoms with Gasteiger partial charge in [0, 0.05) is 24.9 Å². The van der Waals surface area contributed by atoms with E-state index in [9.17, 15) is 4.79 Å². The SMILES string of the molecule is CCNC(=O)CCCc1nc(-c2ccc(C)cc2)no1. The van der Waals surface area contributed by atoms with Gasteiger partial charge in [0.2, 0.25) is 17.6 Å². The molecule has 0 saturated carbocycles. The van der Waals surface area contributed by atoms with Crippen molar-refractivity contribution in [1.29, 1.82) is 0 Å². The Morgan fingerprint density at radius 3 is 2.75 bits per heavy atom. The molecule has 1 amide bonds. The highest BCUT2D eigenvalue weighted by atomic mass is 16.5. The van der Waals surface area contributed by atoms with E-state index in [0.29, 0.717) is 37.5 Å². The van der Waals surface area contributed by atoms with Gasteiger partial charge in [-0.15, -0.1) is 0 Å². The Kier molecular flexibility index (Phi) is 4.87.